The number of sulfonamides is 1. The number of piperazine rings is 1. The van der Waals surface area contributed by atoms with Crippen LogP contribution in [0.15, 0.2) is 69.2 Å². The van der Waals surface area contributed by atoms with Gasteiger partial charge >= 0.3 is 5.63 Å². The molecule has 2 N–H and O–H groups in total. The lowest BCUT2D eigenvalue weighted by atomic mass is 10.1. The first-order valence-electron chi connectivity index (χ1n) is 9.73. The summed E-state index contributed by atoms with van der Waals surface area (Å²) in [5.74, 6) is 0.0394. The van der Waals surface area contributed by atoms with Crippen LogP contribution in [0, 0.1) is 0 Å². The van der Waals surface area contributed by atoms with Crippen molar-refractivity contribution in [3.05, 3.63) is 81.6 Å². The summed E-state index contributed by atoms with van der Waals surface area (Å²) in [4.78, 5) is 13.1. The predicted octanol–water partition coefficient (Wildman–Crippen LogP) is 1.20. The fourth-order valence-electron chi connectivity index (χ4n) is 3.68. The van der Waals surface area contributed by atoms with Gasteiger partial charge in [0.15, 0.2) is 0 Å². The maximum Gasteiger partial charge on any atom is 0.336 e. The van der Waals surface area contributed by atoms with E-state index in [1.54, 1.807) is 18.2 Å². The van der Waals surface area contributed by atoms with Crippen LogP contribution in [0.5, 0.6) is 5.75 Å². The van der Waals surface area contributed by atoms with Crippen LogP contribution in [0.2, 0.25) is 0 Å². The molecule has 0 aliphatic carbocycles. The van der Waals surface area contributed by atoms with E-state index in [0.29, 0.717) is 38.3 Å². The van der Waals surface area contributed by atoms with Crippen LogP contribution >= 0.6 is 0 Å². The molecule has 8 heteroatoms. The second-order valence-corrected chi connectivity index (χ2v) is 9.17. The number of fused-ring (bicyclic) bond motifs is 1. The van der Waals surface area contributed by atoms with E-state index >= 15 is 0 Å². The van der Waals surface area contributed by atoms with Crippen molar-refractivity contribution in [2.24, 2.45) is 0 Å². The monoisotopic (exact) mass is 427 g/mol. The number of phenols is 1. The SMILES string of the molecule is O=c1cc(C[NH+]2CCN(S(=O)(=O)/C=C/c3ccccc3)CC2)c2ccc(O)cc2o1. The van der Waals surface area contributed by atoms with Crippen LogP contribution in [0.1, 0.15) is 11.1 Å². The second kappa shape index (κ2) is 8.43. The van der Waals surface area contributed by atoms with Gasteiger partial charge in [-0.15, -0.1) is 0 Å². The van der Waals surface area contributed by atoms with Gasteiger partial charge in [0.25, 0.3) is 0 Å². The molecule has 4 rings (SSSR count). The highest BCUT2D eigenvalue weighted by molar-refractivity contribution is 7.92. The molecule has 2 heterocycles. The van der Waals surface area contributed by atoms with Gasteiger partial charge in [-0.3, -0.25) is 0 Å². The Morgan fingerprint density at radius 1 is 1.07 bits per heavy atom. The number of nitrogens with one attached hydrogen (secondary N) is 1. The summed E-state index contributed by atoms with van der Waals surface area (Å²) in [7, 11) is -3.48. The summed E-state index contributed by atoms with van der Waals surface area (Å²) in [6.07, 6.45) is 1.61. The molecule has 1 aromatic heterocycles. The van der Waals surface area contributed by atoms with Crippen molar-refractivity contribution in [2.45, 2.75) is 6.54 Å². The molecule has 3 aromatic rings. The first-order valence-corrected chi connectivity index (χ1v) is 11.2. The van der Waals surface area contributed by atoms with Crippen LogP contribution in [-0.2, 0) is 16.6 Å². The molecule has 0 atom stereocenters. The van der Waals surface area contributed by atoms with Crippen molar-refractivity contribution in [1.82, 2.24) is 4.31 Å². The Bertz CT molecular complexity index is 1230. The third kappa shape index (κ3) is 4.62. The summed E-state index contributed by atoms with van der Waals surface area (Å²) in [6.45, 7) is 2.69. The molecule has 1 aliphatic heterocycles. The fraction of sp³-hybridized carbons (Fsp3) is 0.227. The van der Waals surface area contributed by atoms with E-state index in [-0.39, 0.29) is 5.75 Å². The molecule has 2 aromatic carbocycles. The fourth-order valence-corrected chi connectivity index (χ4v) is 4.88. The molecule has 0 unspecified atom stereocenters. The Balaban J connectivity index is 1.43. The highest BCUT2D eigenvalue weighted by Gasteiger charge is 2.27. The average molecular weight is 428 g/mol. The lowest BCUT2D eigenvalue weighted by molar-refractivity contribution is -0.917. The molecule has 0 saturated carbocycles. The van der Waals surface area contributed by atoms with E-state index in [2.05, 4.69) is 0 Å². The molecule has 0 spiro atoms. The molecule has 0 radical (unpaired) electrons. The number of nitrogens with zero attached hydrogens (tertiary/aromatic N) is 1. The third-order valence-electron chi connectivity index (χ3n) is 5.28. The van der Waals surface area contributed by atoms with Gasteiger partial charge in [0.1, 0.15) is 17.9 Å². The molecule has 7 nitrogen and oxygen atoms in total. The van der Waals surface area contributed by atoms with Crippen molar-refractivity contribution in [2.75, 3.05) is 26.2 Å². The minimum Gasteiger partial charge on any atom is -0.508 e. The zero-order valence-corrected chi connectivity index (χ0v) is 17.1. The van der Waals surface area contributed by atoms with Gasteiger partial charge in [-0.1, -0.05) is 30.3 Å². The van der Waals surface area contributed by atoms with Crippen molar-refractivity contribution in [1.29, 1.82) is 0 Å². The molecule has 0 amide bonds. The van der Waals surface area contributed by atoms with Crippen LogP contribution in [0.4, 0.5) is 0 Å². The number of benzene rings is 2. The summed E-state index contributed by atoms with van der Waals surface area (Å²) in [5, 5.41) is 11.7. The summed E-state index contributed by atoms with van der Waals surface area (Å²) < 4.78 is 31.9. The Morgan fingerprint density at radius 2 is 1.80 bits per heavy atom. The number of hydrogen-bond acceptors (Lipinski definition) is 5. The van der Waals surface area contributed by atoms with E-state index in [1.807, 2.05) is 30.3 Å². The normalized spacial score (nSPS) is 16.4. The van der Waals surface area contributed by atoms with E-state index in [4.69, 9.17) is 4.42 Å². The highest BCUT2D eigenvalue weighted by atomic mass is 32.2. The van der Waals surface area contributed by atoms with Crippen molar-refractivity contribution in [3.63, 3.8) is 0 Å². The molecule has 30 heavy (non-hydrogen) atoms. The topological polar surface area (TPSA) is 92.3 Å². The first kappa shape index (κ1) is 20.3. The smallest absolute Gasteiger partial charge is 0.336 e. The predicted molar refractivity (Wildman–Crippen MR) is 115 cm³/mol. The number of rotatable bonds is 5. The zero-order chi connectivity index (χ0) is 21.1. The van der Waals surface area contributed by atoms with Crippen LogP contribution in [-0.4, -0.2) is 44.0 Å². The average Bonchev–Trinajstić information content (AvgIpc) is 2.73. The first-order chi connectivity index (χ1) is 14.4. The van der Waals surface area contributed by atoms with Gasteiger partial charge in [0.2, 0.25) is 10.0 Å². The molecule has 0 bridgehead atoms. The second-order valence-electron chi connectivity index (χ2n) is 7.36. The van der Waals surface area contributed by atoms with Gasteiger partial charge in [-0.2, -0.15) is 4.31 Å². The maximum absolute atomic E-state index is 12.6. The van der Waals surface area contributed by atoms with E-state index in [1.165, 1.54) is 26.7 Å². The van der Waals surface area contributed by atoms with Gasteiger partial charge < -0.3 is 14.4 Å². The zero-order valence-electron chi connectivity index (χ0n) is 16.3. The van der Waals surface area contributed by atoms with Crippen LogP contribution in [0.3, 0.4) is 0 Å². The summed E-state index contributed by atoms with van der Waals surface area (Å²) >= 11 is 0. The highest BCUT2D eigenvalue weighted by Crippen LogP contribution is 2.21. The van der Waals surface area contributed by atoms with Crippen molar-refractivity contribution in [3.8, 4) is 5.75 Å². The lowest BCUT2D eigenvalue weighted by Gasteiger charge is -2.30. The number of quaternary nitrogens is 1. The molecule has 1 aliphatic rings. The van der Waals surface area contributed by atoms with E-state index in [9.17, 15) is 18.3 Å². The summed E-state index contributed by atoms with van der Waals surface area (Å²) in [6, 6.07) is 15.5. The minimum absolute atomic E-state index is 0.0394. The maximum atomic E-state index is 12.6. The Morgan fingerprint density at radius 3 is 2.53 bits per heavy atom. The Kier molecular flexibility index (Phi) is 5.72. The van der Waals surface area contributed by atoms with Crippen LogP contribution in [0.25, 0.3) is 17.0 Å². The van der Waals surface area contributed by atoms with Gasteiger partial charge in [-0.25, -0.2) is 13.2 Å². The molecular formula is C22H23N2O5S+. The minimum atomic E-state index is -3.48. The molecular weight excluding hydrogens is 404 g/mol. The van der Waals surface area contributed by atoms with Gasteiger partial charge in [0.05, 0.1) is 26.2 Å². The molecule has 156 valence electrons. The third-order valence-corrected chi connectivity index (χ3v) is 6.84. The molecule has 1 saturated heterocycles. The van der Waals surface area contributed by atoms with E-state index in [0.717, 1.165) is 16.5 Å². The Labute approximate surface area is 174 Å². The molecule has 1 fully saturated rings. The number of aromatic hydroxyl groups is 1. The number of hydrogen-bond donors (Lipinski definition) is 2. The lowest BCUT2D eigenvalue weighted by Crippen LogP contribution is -3.13. The van der Waals surface area contributed by atoms with E-state index < -0.39 is 15.6 Å². The van der Waals surface area contributed by atoms with Gasteiger partial charge in [0, 0.05) is 28.5 Å². The van der Waals surface area contributed by atoms with Crippen molar-refractivity contribution < 1.29 is 22.8 Å². The largest absolute Gasteiger partial charge is 0.508 e. The standard InChI is InChI=1S/C22H22N2O5S/c25-19-6-7-20-18(14-22(26)29-21(20)15-19)16-23-9-11-24(12-10-23)30(27,28)13-8-17-4-2-1-3-5-17/h1-8,13-15,25H,9-12,16H2/p+1/b13-8+. The summed E-state index contributed by atoms with van der Waals surface area (Å²) in [5.41, 5.74) is 1.56. The van der Waals surface area contributed by atoms with Crippen molar-refractivity contribution >= 4 is 27.1 Å². The van der Waals surface area contributed by atoms with Gasteiger partial charge in [-0.05, 0) is 23.8 Å². The quantitative estimate of drug-likeness (QED) is 0.597. The Hall–Kier alpha value is -2.94. The van der Waals surface area contributed by atoms with Crippen LogP contribution < -0.4 is 10.5 Å². The number of phenolic OH excluding ortho intramolecular Hbond substituents is 1.